The number of carbonyl (C=O) groups excluding carboxylic acids is 3. The Morgan fingerprint density at radius 1 is 0.929 bits per heavy atom. The van der Waals surface area contributed by atoms with Gasteiger partial charge in [-0.3, -0.25) is 24.0 Å². The highest BCUT2D eigenvalue weighted by molar-refractivity contribution is 5.95. The third-order valence-corrected chi connectivity index (χ3v) is 4.07. The largest absolute Gasteiger partial charge is 0.481 e. The van der Waals surface area contributed by atoms with Gasteiger partial charge in [0.05, 0.1) is 13.0 Å². The molecule has 0 aromatic heterocycles. The van der Waals surface area contributed by atoms with Crippen molar-refractivity contribution in [3.05, 3.63) is 0 Å². The number of carboxylic acid groups (broad SMARTS) is 2. The van der Waals surface area contributed by atoms with Gasteiger partial charge in [0.1, 0.15) is 24.2 Å². The zero-order chi connectivity index (χ0) is 22.0. The summed E-state index contributed by atoms with van der Waals surface area (Å²) in [6.07, 6.45) is -0.334. The van der Waals surface area contributed by atoms with Crippen molar-refractivity contribution in [3.8, 4) is 0 Å². The molecule has 28 heavy (non-hydrogen) atoms. The van der Waals surface area contributed by atoms with Crippen molar-refractivity contribution in [2.24, 2.45) is 11.7 Å². The van der Waals surface area contributed by atoms with Crippen LogP contribution in [-0.2, 0) is 24.0 Å². The second-order valence-electron chi connectivity index (χ2n) is 6.39. The fourth-order valence-electron chi connectivity index (χ4n) is 2.07. The molecule has 0 aromatic rings. The quantitative estimate of drug-likeness (QED) is 0.181. The molecule has 0 saturated heterocycles. The first-order valence-corrected chi connectivity index (χ1v) is 8.66. The smallest absolute Gasteiger partial charge is 0.325 e. The number of aliphatic carboxylic acids is 2. The molecule has 0 aliphatic heterocycles. The van der Waals surface area contributed by atoms with Crippen LogP contribution in [0.15, 0.2) is 0 Å². The van der Waals surface area contributed by atoms with Crippen molar-refractivity contribution >= 4 is 29.7 Å². The number of aliphatic hydroxyl groups excluding tert-OH is 1. The van der Waals surface area contributed by atoms with Gasteiger partial charge >= 0.3 is 11.9 Å². The summed E-state index contributed by atoms with van der Waals surface area (Å²) in [5.41, 5.74) is 5.41. The Balaban J connectivity index is 5.39. The predicted octanol–water partition coefficient (Wildman–Crippen LogP) is -2.61. The Bertz CT molecular complexity index is 597. The molecule has 0 rings (SSSR count). The molecule has 0 aromatic carbocycles. The van der Waals surface area contributed by atoms with Gasteiger partial charge in [-0.2, -0.15) is 0 Å². The van der Waals surface area contributed by atoms with Crippen LogP contribution in [0.1, 0.15) is 33.6 Å². The molecule has 0 spiro atoms. The number of hydrogen-bond acceptors (Lipinski definition) is 7. The van der Waals surface area contributed by atoms with Crippen LogP contribution in [0.5, 0.6) is 0 Å². The zero-order valence-electron chi connectivity index (χ0n) is 16.0. The fourth-order valence-corrected chi connectivity index (χ4v) is 2.07. The normalized spacial score (nSPS) is 16.0. The van der Waals surface area contributed by atoms with E-state index in [1.807, 2.05) is 0 Å². The number of nitrogens with two attached hydrogens (primary N) is 1. The molecule has 0 heterocycles. The summed E-state index contributed by atoms with van der Waals surface area (Å²) in [7, 11) is 0. The molecule has 3 amide bonds. The summed E-state index contributed by atoms with van der Waals surface area (Å²) < 4.78 is 0. The van der Waals surface area contributed by atoms with E-state index in [1.165, 1.54) is 6.92 Å². The number of carboxylic acids is 2. The maximum atomic E-state index is 12.6. The van der Waals surface area contributed by atoms with Gasteiger partial charge in [0.15, 0.2) is 0 Å². The molecule has 5 unspecified atom stereocenters. The Morgan fingerprint density at radius 3 is 1.93 bits per heavy atom. The molecule has 0 aliphatic rings. The van der Waals surface area contributed by atoms with Crippen molar-refractivity contribution < 1.29 is 39.3 Å². The maximum absolute atomic E-state index is 12.6. The van der Waals surface area contributed by atoms with Gasteiger partial charge in [0, 0.05) is 0 Å². The average molecular weight is 404 g/mol. The number of carbonyl (C=O) groups is 5. The lowest BCUT2D eigenvalue weighted by Crippen LogP contribution is -2.59. The van der Waals surface area contributed by atoms with Gasteiger partial charge in [-0.25, -0.2) is 0 Å². The molecule has 0 radical (unpaired) electrons. The van der Waals surface area contributed by atoms with E-state index >= 15 is 0 Å². The fraction of sp³-hybridized carbons (Fsp3) is 0.688. The SMILES string of the molecule is CCC(C)C(NC(=O)C(N)CO)C(=O)NC(CC(=O)O)C(=O)NC(C)C(=O)O. The van der Waals surface area contributed by atoms with E-state index in [-0.39, 0.29) is 0 Å². The lowest BCUT2D eigenvalue weighted by atomic mass is 9.97. The van der Waals surface area contributed by atoms with Crippen LogP contribution in [-0.4, -0.2) is 75.8 Å². The lowest BCUT2D eigenvalue weighted by molar-refractivity contribution is -0.143. The van der Waals surface area contributed by atoms with E-state index < -0.39 is 72.8 Å². The van der Waals surface area contributed by atoms with E-state index in [4.69, 9.17) is 21.1 Å². The minimum absolute atomic E-state index is 0.402. The molecular weight excluding hydrogens is 376 g/mol. The molecule has 8 N–H and O–H groups in total. The first-order chi connectivity index (χ1) is 12.9. The van der Waals surface area contributed by atoms with Crippen molar-refractivity contribution in [1.82, 2.24) is 16.0 Å². The monoisotopic (exact) mass is 404 g/mol. The summed E-state index contributed by atoms with van der Waals surface area (Å²) in [6.45, 7) is 3.93. The third kappa shape index (κ3) is 8.31. The minimum Gasteiger partial charge on any atom is -0.481 e. The summed E-state index contributed by atoms with van der Waals surface area (Å²) >= 11 is 0. The highest BCUT2D eigenvalue weighted by atomic mass is 16.4. The van der Waals surface area contributed by atoms with Gasteiger partial charge in [-0.05, 0) is 12.8 Å². The molecule has 0 bridgehead atoms. The van der Waals surface area contributed by atoms with Crippen molar-refractivity contribution in [1.29, 1.82) is 0 Å². The number of rotatable bonds is 12. The van der Waals surface area contributed by atoms with E-state index in [0.717, 1.165) is 0 Å². The molecule has 0 fully saturated rings. The lowest BCUT2D eigenvalue weighted by Gasteiger charge is -2.27. The Labute approximate surface area is 161 Å². The summed E-state index contributed by atoms with van der Waals surface area (Å²) in [4.78, 5) is 58.5. The predicted molar refractivity (Wildman–Crippen MR) is 95.9 cm³/mol. The summed E-state index contributed by atoms with van der Waals surface area (Å²) in [6, 6.07) is -5.25. The Morgan fingerprint density at radius 2 is 1.50 bits per heavy atom. The molecule has 12 nitrogen and oxygen atoms in total. The van der Waals surface area contributed by atoms with Gasteiger partial charge < -0.3 is 37.0 Å². The number of nitrogens with one attached hydrogen (secondary N) is 3. The molecule has 0 aliphatic carbocycles. The standard InChI is InChI=1S/C16H28N4O8/c1-4-7(2)12(20-13(24)9(17)6-21)15(26)19-10(5-11(22)23)14(25)18-8(3)16(27)28/h7-10,12,21H,4-6,17H2,1-3H3,(H,18,25)(H,19,26)(H,20,24)(H,22,23)(H,27,28). The number of amides is 3. The molecule has 5 atom stereocenters. The van der Waals surface area contributed by atoms with Crippen LogP contribution in [0.3, 0.4) is 0 Å². The summed E-state index contributed by atoms with van der Waals surface area (Å²) in [5, 5.41) is 33.4. The van der Waals surface area contributed by atoms with E-state index in [2.05, 4.69) is 16.0 Å². The second-order valence-corrected chi connectivity index (χ2v) is 6.39. The first-order valence-electron chi connectivity index (χ1n) is 8.66. The van der Waals surface area contributed by atoms with Crippen LogP contribution in [0.25, 0.3) is 0 Å². The van der Waals surface area contributed by atoms with Crippen LogP contribution in [0.2, 0.25) is 0 Å². The number of aliphatic hydroxyl groups is 1. The third-order valence-electron chi connectivity index (χ3n) is 4.07. The minimum atomic E-state index is -1.55. The van der Waals surface area contributed by atoms with Crippen LogP contribution < -0.4 is 21.7 Å². The van der Waals surface area contributed by atoms with E-state index in [0.29, 0.717) is 6.42 Å². The molecule has 0 saturated carbocycles. The molecule has 160 valence electrons. The van der Waals surface area contributed by atoms with Gasteiger partial charge in [0.2, 0.25) is 17.7 Å². The maximum Gasteiger partial charge on any atom is 0.325 e. The molecule has 12 heteroatoms. The van der Waals surface area contributed by atoms with Gasteiger partial charge in [0.25, 0.3) is 0 Å². The molecular formula is C16H28N4O8. The van der Waals surface area contributed by atoms with Gasteiger partial charge in [-0.15, -0.1) is 0 Å². The van der Waals surface area contributed by atoms with Crippen molar-refractivity contribution in [3.63, 3.8) is 0 Å². The van der Waals surface area contributed by atoms with E-state index in [1.54, 1.807) is 13.8 Å². The first kappa shape index (κ1) is 25.3. The Kier molecular flexibility index (Phi) is 10.7. The average Bonchev–Trinajstić information content (AvgIpc) is 2.63. The Hall–Kier alpha value is -2.73. The highest BCUT2D eigenvalue weighted by Crippen LogP contribution is 2.09. The topological polar surface area (TPSA) is 208 Å². The van der Waals surface area contributed by atoms with Crippen molar-refractivity contribution in [2.45, 2.75) is 57.8 Å². The zero-order valence-corrected chi connectivity index (χ0v) is 16.0. The second kappa shape index (κ2) is 11.9. The van der Waals surface area contributed by atoms with Crippen LogP contribution >= 0.6 is 0 Å². The van der Waals surface area contributed by atoms with Crippen molar-refractivity contribution in [2.75, 3.05) is 6.61 Å². The van der Waals surface area contributed by atoms with Crippen LogP contribution in [0.4, 0.5) is 0 Å². The number of hydrogen-bond donors (Lipinski definition) is 7. The highest BCUT2D eigenvalue weighted by Gasteiger charge is 2.32. The summed E-state index contributed by atoms with van der Waals surface area (Å²) in [5.74, 6) is -5.75. The van der Waals surface area contributed by atoms with Crippen LogP contribution in [0, 0.1) is 5.92 Å². The van der Waals surface area contributed by atoms with E-state index in [9.17, 15) is 24.0 Å². The van der Waals surface area contributed by atoms with Gasteiger partial charge in [-0.1, -0.05) is 20.3 Å².